The largest absolute Gasteiger partial charge is 0.368 e. The lowest BCUT2D eigenvalue weighted by Gasteiger charge is -2.33. The maximum atomic E-state index is 12.4. The van der Waals surface area contributed by atoms with Gasteiger partial charge in [-0.25, -0.2) is 0 Å². The number of nitrogens with two attached hydrogens (primary N) is 1. The van der Waals surface area contributed by atoms with Gasteiger partial charge in [0.2, 0.25) is 11.8 Å². The van der Waals surface area contributed by atoms with E-state index in [-0.39, 0.29) is 11.7 Å². The molecule has 2 heterocycles. The Morgan fingerprint density at radius 1 is 1.45 bits per heavy atom. The third-order valence-electron chi connectivity index (χ3n) is 3.69. The smallest absolute Gasteiger partial charge is 0.240 e. The van der Waals surface area contributed by atoms with E-state index in [9.17, 15) is 9.59 Å². The third-order valence-corrected chi connectivity index (χ3v) is 4.64. The van der Waals surface area contributed by atoms with Crippen molar-refractivity contribution in [3.63, 3.8) is 0 Å². The molecule has 0 radical (unpaired) electrons. The number of carbonyl (C=O) groups is 2. The number of allylic oxidation sites excluding steroid dienone is 1. The fraction of sp³-hybridized carbons (Fsp3) is 0.571. The summed E-state index contributed by atoms with van der Waals surface area (Å²) in [5.74, 6) is 0.491. The summed E-state index contributed by atoms with van der Waals surface area (Å²) >= 11 is 1.32. The Balaban J connectivity index is 2.00. The molecule has 1 aromatic rings. The summed E-state index contributed by atoms with van der Waals surface area (Å²) in [7, 11) is 0. The molecule has 2 amide bonds. The van der Waals surface area contributed by atoms with Crippen LogP contribution in [0.4, 0.5) is 0 Å². The lowest BCUT2D eigenvalue weighted by molar-refractivity contribution is -0.138. The van der Waals surface area contributed by atoms with Gasteiger partial charge in [-0.3, -0.25) is 9.59 Å². The molecule has 0 bridgehead atoms. The molecule has 120 valence electrons. The van der Waals surface area contributed by atoms with Gasteiger partial charge in [-0.05, 0) is 26.2 Å². The molecule has 7 nitrogen and oxygen atoms in total. The number of hydrogen-bond acceptors (Lipinski definition) is 5. The maximum Gasteiger partial charge on any atom is 0.240 e. The van der Waals surface area contributed by atoms with Crippen molar-refractivity contribution >= 4 is 23.6 Å². The van der Waals surface area contributed by atoms with E-state index in [4.69, 9.17) is 5.73 Å². The number of piperidine rings is 1. The summed E-state index contributed by atoms with van der Waals surface area (Å²) < 4.78 is 1.90. The Kier molecular flexibility index (Phi) is 5.59. The number of likely N-dealkylation sites (tertiary alicyclic amines) is 1. The molecule has 1 saturated heterocycles. The molecule has 1 atom stereocenters. The van der Waals surface area contributed by atoms with Gasteiger partial charge in [0, 0.05) is 13.1 Å². The van der Waals surface area contributed by atoms with Crippen LogP contribution >= 0.6 is 11.8 Å². The molecule has 0 saturated carbocycles. The summed E-state index contributed by atoms with van der Waals surface area (Å²) in [5, 5.41) is 8.76. The van der Waals surface area contributed by atoms with E-state index in [0.717, 1.165) is 18.7 Å². The molecule has 22 heavy (non-hydrogen) atoms. The van der Waals surface area contributed by atoms with Crippen molar-refractivity contribution in [3.8, 4) is 0 Å². The van der Waals surface area contributed by atoms with Crippen molar-refractivity contribution in [3.05, 3.63) is 18.5 Å². The van der Waals surface area contributed by atoms with E-state index in [1.807, 2.05) is 11.5 Å². The van der Waals surface area contributed by atoms with Gasteiger partial charge >= 0.3 is 0 Å². The van der Waals surface area contributed by atoms with Gasteiger partial charge in [0.25, 0.3) is 0 Å². The minimum absolute atomic E-state index is 0.0840. The first kappa shape index (κ1) is 16.5. The fourth-order valence-corrected chi connectivity index (χ4v) is 3.42. The van der Waals surface area contributed by atoms with Crippen molar-refractivity contribution in [2.24, 2.45) is 5.73 Å². The van der Waals surface area contributed by atoms with Crippen LogP contribution in [0.2, 0.25) is 0 Å². The minimum atomic E-state index is -0.477. The van der Waals surface area contributed by atoms with Crippen LogP contribution in [0.5, 0.6) is 0 Å². The standard InChI is InChI=1S/C14H21N5O2S/c1-3-7-18-10(2)16-17-14(18)22-9-12(20)19-8-5-4-6-11(19)13(15)21/h3,11H,1,4-9H2,2H3,(H2,15,21). The van der Waals surface area contributed by atoms with Crippen molar-refractivity contribution in [2.75, 3.05) is 12.3 Å². The summed E-state index contributed by atoms with van der Waals surface area (Å²) in [6.07, 6.45) is 4.25. The Bertz CT molecular complexity index is 572. The van der Waals surface area contributed by atoms with Gasteiger partial charge in [0.1, 0.15) is 11.9 Å². The first-order valence-corrected chi connectivity index (χ1v) is 8.25. The van der Waals surface area contributed by atoms with E-state index >= 15 is 0 Å². The number of rotatable bonds is 6. The van der Waals surface area contributed by atoms with Gasteiger partial charge in [0.15, 0.2) is 5.16 Å². The number of thioether (sulfide) groups is 1. The van der Waals surface area contributed by atoms with Crippen LogP contribution in [0.15, 0.2) is 17.8 Å². The number of aryl methyl sites for hydroxylation is 1. The topological polar surface area (TPSA) is 94.1 Å². The predicted octanol–water partition coefficient (Wildman–Crippen LogP) is 0.731. The van der Waals surface area contributed by atoms with Crippen molar-refractivity contribution in [2.45, 2.75) is 43.9 Å². The SMILES string of the molecule is C=CCn1c(C)nnc1SCC(=O)N1CCCCC1C(N)=O. The van der Waals surface area contributed by atoms with Crippen LogP contribution < -0.4 is 5.73 Å². The second kappa shape index (κ2) is 7.44. The number of primary amides is 1. The van der Waals surface area contributed by atoms with E-state index < -0.39 is 11.9 Å². The number of hydrogen-bond donors (Lipinski definition) is 1. The summed E-state index contributed by atoms with van der Waals surface area (Å²) in [5.41, 5.74) is 5.39. The average Bonchev–Trinajstić information content (AvgIpc) is 2.86. The first-order chi connectivity index (χ1) is 10.5. The quantitative estimate of drug-likeness (QED) is 0.615. The summed E-state index contributed by atoms with van der Waals surface area (Å²) in [6.45, 7) is 6.75. The van der Waals surface area contributed by atoms with Crippen LogP contribution in [0.1, 0.15) is 25.1 Å². The lowest BCUT2D eigenvalue weighted by Crippen LogP contribution is -2.51. The van der Waals surface area contributed by atoms with Crippen LogP contribution in [-0.2, 0) is 16.1 Å². The molecule has 8 heteroatoms. The van der Waals surface area contributed by atoms with Crippen molar-refractivity contribution < 1.29 is 9.59 Å². The number of amides is 2. The molecule has 2 N–H and O–H groups in total. The fourth-order valence-electron chi connectivity index (χ4n) is 2.54. The highest BCUT2D eigenvalue weighted by Gasteiger charge is 2.30. The Hall–Kier alpha value is -1.83. The average molecular weight is 323 g/mol. The zero-order valence-electron chi connectivity index (χ0n) is 12.7. The number of nitrogens with zero attached hydrogens (tertiary/aromatic N) is 4. The molecule has 1 fully saturated rings. The maximum absolute atomic E-state index is 12.4. The summed E-state index contributed by atoms with van der Waals surface area (Å²) in [4.78, 5) is 25.4. The van der Waals surface area contributed by atoms with Crippen LogP contribution in [0.25, 0.3) is 0 Å². The number of carbonyl (C=O) groups excluding carboxylic acids is 2. The van der Waals surface area contributed by atoms with E-state index in [2.05, 4.69) is 16.8 Å². The highest BCUT2D eigenvalue weighted by molar-refractivity contribution is 7.99. The zero-order chi connectivity index (χ0) is 16.1. The normalized spacial score (nSPS) is 18.2. The zero-order valence-corrected chi connectivity index (χ0v) is 13.5. The molecule has 0 aliphatic carbocycles. The van der Waals surface area contributed by atoms with E-state index in [1.54, 1.807) is 11.0 Å². The molecule has 1 aliphatic rings. The molecule has 1 unspecified atom stereocenters. The molecule has 0 aromatic carbocycles. The van der Waals surface area contributed by atoms with Gasteiger partial charge in [-0.1, -0.05) is 17.8 Å². The van der Waals surface area contributed by atoms with E-state index in [1.165, 1.54) is 11.8 Å². The minimum Gasteiger partial charge on any atom is -0.368 e. The van der Waals surface area contributed by atoms with Gasteiger partial charge in [-0.2, -0.15) is 0 Å². The molecule has 2 rings (SSSR count). The molecular weight excluding hydrogens is 302 g/mol. The van der Waals surface area contributed by atoms with Crippen molar-refractivity contribution in [1.29, 1.82) is 0 Å². The molecule has 1 aromatic heterocycles. The second-order valence-electron chi connectivity index (χ2n) is 5.22. The Morgan fingerprint density at radius 2 is 2.23 bits per heavy atom. The highest BCUT2D eigenvalue weighted by atomic mass is 32.2. The van der Waals surface area contributed by atoms with Gasteiger partial charge < -0.3 is 15.2 Å². The molecule has 1 aliphatic heterocycles. The highest BCUT2D eigenvalue weighted by Crippen LogP contribution is 2.21. The van der Waals surface area contributed by atoms with E-state index in [0.29, 0.717) is 24.7 Å². The molecular formula is C14H21N5O2S. The first-order valence-electron chi connectivity index (χ1n) is 7.27. The van der Waals surface area contributed by atoms with Crippen molar-refractivity contribution in [1.82, 2.24) is 19.7 Å². The molecule has 0 spiro atoms. The Labute approximate surface area is 133 Å². The summed E-state index contributed by atoms with van der Waals surface area (Å²) in [6, 6.07) is -0.477. The van der Waals surface area contributed by atoms with Crippen LogP contribution in [0.3, 0.4) is 0 Å². The monoisotopic (exact) mass is 323 g/mol. The van der Waals surface area contributed by atoms with Gasteiger partial charge in [0.05, 0.1) is 5.75 Å². The Morgan fingerprint density at radius 3 is 2.91 bits per heavy atom. The lowest BCUT2D eigenvalue weighted by atomic mass is 10.0. The second-order valence-corrected chi connectivity index (χ2v) is 6.16. The predicted molar refractivity (Wildman–Crippen MR) is 84.2 cm³/mol. The van der Waals surface area contributed by atoms with Crippen LogP contribution in [0, 0.1) is 6.92 Å². The third kappa shape index (κ3) is 3.68. The van der Waals surface area contributed by atoms with Crippen LogP contribution in [-0.4, -0.2) is 49.8 Å². The number of aromatic nitrogens is 3. The van der Waals surface area contributed by atoms with Gasteiger partial charge in [-0.15, -0.1) is 16.8 Å².